The number of fused-ring (bicyclic) bond motifs is 1. The summed E-state index contributed by atoms with van der Waals surface area (Å²) in [4.78, 5) is 2.57. The van der Waals surface area contributed by atoms with Crippen LogP contribution < -0.4 is 10.1 Å². The van der Waals surface area contributed by atoms with Crippen LogP contribution in [-0.2, 0) is 0 Å². The summed E-state index contributed by atoms with van der Waals surface area (Å²) in [5.74, 6) is 0.989. The zero-order chi connectivity index (χ0) is 14.4. The molecule has 1 N–H and O–H groups in total. The second kappa shape index (κ2) is 7.53. The maximum absolute atomic E-state index is 6.13. The molecule has 0 amide bonds. The Hall–Kier alpha value is -1.22. The molecule has 0 bridgehead atoms. The van der Waals surface area contributed by atoms with Crippen molar-refractivity contribution in [2.24, 2.45) is 0 Å². The van der Waals surface area contributed by atoms with E-state index in [-0.39, 0.29) is 6.10 Å². The van der Waals surface area contributed by atoms with E-state index in [1.807, 2.05) is 18.2 Å². The number of hydrogen-bond donors (Lipinski definition) is 1. The zero-order valence-electron chi connectivity index (χ0n) is 13.1. The van der Waals surface area contributed by atoms with Crippen molar-refractivity contribution >= 4 is 5.69 Å². The Kier molecular flexibility index (Phi) is 5.72. The first-order valence-electron chi connectivity index (χ1n) is 7.98. The van der Waals surface area contributed by atoms with Crippen molar-refractivity contribution in [1.29, 1.82) is 0 Å². The van der Waals surface area contributed by atoms with Gasteiger partial charge in [-0.05, 0) is 38.4 Å². The molecular formula is C17H28N2O. The minimum atomic E-state index is 0.246. The summed E-state index contributed by atoms with van der Waals surface area (Å²) < 4.78 is 6.13. The Morgan fingerprint density at radius 3 is 2.90 bits per heavy atom. The average molecular weight is 276 g/mol. The van der Waals surface area contributed by atoms with Gasteiger partial charge in [0.05, 0.1) is 12.2 Å². The van der Waals surface area contributed by atoms with E-state index >= 15 is 0 Å². The molecule has 0 fully saturated rings. The maximum Gasteiger partial charge on any atom is 0.142 e. The highest BCUT2D eigenvalue weighted by Gasteiger charge is 2.23. The van der Waals surface area contributed by atoms with Crippen molar-refractivity contribution in [2.75, 3.05) is 25.0 Å². The zero-order valence-corrected chi connectivity index (χ0v) is 13.1. The molecule has 1 heterocycles. The molecule has 2 rings (SSSR count). The van der Waals surface area contributed by atoms with Crippen molar-refractivity contribution < 1.29 is 4.74 Å². The predicted molar refractivity (Wildman–Crippen MR) is 85.6 cm³/mol. The number of nitrogens with zero attached hydrogens (tertiary/aromatic N) is 1. The van der Waals surface area contributed by atoms with Crippen LogP contribution >= 0.6 is 0 Å². The van der Waals surface area contributed by atoms with Gasteiger partial charge in [-0.3, -0.25) is 4.90 Å². The molecule has 0 spiro atoms. The summed E-state index contributed by atoms with van der Waals surface area (Å²) in [6, 6.07) is 8.83. The lowest BCUT2D eigenvalue weighted by atomic mass is 10.1. The standard InChI is InChI=1S/C17H28N2O/c1-4-6-11-19(14(3)5-2)13-15-12-18-16-9-7-8-10-17(16)20-15/h7-10,14-15,18H,4-6,11-13H2,1-3H3. The SMILES string of the molecule is CCCCN(CC1CNc2ccccc2O1)C(C)CC. The van der Waals surface area contributed by atoms with E-state index in [2.05, 4.69) is 37.1 Å². The molecule has 0 saturated carbocycles. The fraction of sp³-hybridized carbons (Fsp3) is 0.647. The van der Waals surface area contributed by atoms with Gasteiger partial charge in [0.25, 0.3) is 0 Å². The minimum Gasteiger partial charge on any atom is -0.485 e. The highest BCUT2D eigenvalue weighted by molar-refractivity contribution is 5.57. The van der Waals surface area contributed by atoms with Crippen LogP contribution in [0.5, 0.6) is 5.75 Å². The number of ether oxygens (including phenoxy) is 1. The second-order valence-electron chi connectivity index (χ2n) is 5.72. The summed E-state index contributed by atoms with van der Waals surface area (Å²) in [5.41, 5.74) is 1.12. The van der Waals surface area contributed by atoms with Crippen LogP contribution in [0, 0.1) is 0 Å². The van der Waals surface area contributed by atoms with Crippen molar-refractivity contribution in [1.82, 2.24) is 4.90 Å². The van der Waals surface area contributed by atoms with Crippen LogP contribution in [0.15, 0.2) is 24.3 Å². The minimum absolute atomic E-state index is 0.246. The molecule has 112 valence electrons. The Balaban J connectivity index is 1.94. The molecule has 0 saturated heterocycles. The van der Waals surface area contributed by atoms with Gasteiger partial charge in [0.2, 0.25) is 0 Å². The first-order valence-corrected chi connectivity index (χ1v) is 7.98. The lowest BCUT2D eigenvalue weighted by molar-refractivity contribution is 0.108. The van der Waals surface area contributed by atoms with Crippen molar-refractivity contribution in [2.45, 2.75) is 52.2 Å². The van der Waals surface area contributed by atoms with E-state index < -0.39 is 0 Å². The molecule has 20 heavy (non-hydrogen) atoms. The van der Waals surface area contributed by atoms with Gasteiger partial charge in [-0.1, -0.05) is 32.4 Å². The Morgan fingerprint density at radius 1 is 1.35 bits per heavy atom. The molecule has 1 aliphatic rings. The van der Waals surface area contributed by atoms with Crippen LogP contribution in [0.3, 0.4) is 0 Å². The van der Waals surface area contributed by atoms with Crippen LogP contribution in [0.4, 0.5) is 5.69 Å². The van der Waals surface area contributed by atoms with E-state index in [1.165, 1.54) is 25.8 Å². The maximum atomic E-state index is 6.13. The molecule has 1 aliphatic heterocycles. The summed E-state index contributed by atoms with van der Waals surface area (Å²) in [6.45, 7) is 9.92. The molecule has 1 aromatic carbocycles. The van der Waals surface area contributed by atoms with E-state index in [0.29, 0.717) is 6.04 Å². The van der Waals surface area contributed by atoms with Crippen molar-refractivity contribution in [3.8, 4) is 5.75 Å². The summed E-state index contributed by atoms with van der Waals surface area (Å²) in [6.07, 6.45) is 3.96. The molecule has 0 aromatic heterocycles. The van der Waals surface area contributed by atoms with Gasteiger partial charge < -0.3 is 10.1 Å². The van der Waals surface area contributed by atoms with Crippen LogP contribution in [-0.4, -0.2) is 36.7 Å². The van der Waals surface area contributed by atoms with Gasteiger partial charge in [-0.2, -0.15) is 0 Å². The number of benzene rings is 1. The molecule has 2 atom stereocenters. The Morgan fingerprint density at radius 2 is 2.15 bits per heavy atom. The summed E-state index contributed by atoms with van der Waals surface area (Å²) in [7, 11) is 0. The number of para-hydroxylation sites is 2. The van der Waals surface area contributed by atoms with Gasteiger partial charge in [0.15, 0.2) is 0 Å². The molecular weight excluding hydrogens is 248 g/mol. The highest BCUT2D eigenvalue weighted by atomic mass is 16.5. The third-order valence-electron chi connectivity index (χ3n) is 4.15. The first kappa shape index (κ1) is 15.2. The summed E-state index contributed by atoms with van der Waals surface area (Å²) >= 11 is 0. The molecule has 3 heteroatoms. The Labute approximate surface area is 123 Å². The van der Waals surface area contributed by atoms with Gasteiger partial charge in [0.1, 0.15) is 11.9 Å². The van der Waals surface area contributed by atoms with E-state index in [1.54, 1.807) is 0 Å². The van der Waals surface area contributed by atoms with Gasteiger partial charge >= 0.3 is 0 Å². The van der Waals surface area contributed by atoms with Gasteiger partial charge in [-0.25, -0.2) is 0 Å². The molecule has 2 unspecified atom stereocenters. The largest absolute Gasteiger partial charge is 0.485 e. The fourth-order valence-electron chi connectivity index (χ4n) is 2.63. The van der Waals surface area contributed by atoms with Gasteiger partial charge in [-0.15, -0.1) is 0 Å². The number of nitrogens with one attached hydrogen (secondary N) is 1. The third kappa shape index (κ3) is 3.89. The van der Waals surface area contributed by atoms with E-state index in [9.17, 15) is 0 Å². The number of unbranched alkanes of at least 4 members (excludes halogenated alkanes) is 1. The normalized spacial score (nSPS) is 19.1. The van der Waals surface area contributed by atoms with Crippen molar-refractivity contribution in [3.63, 3.8) is 0 Å². The number of hydrogen-bond acceptors (Lipinski definition) is 3. The lowest BCUT2D eigenvalue weighted by Crippen LogP contribution is -2.45. The molecule has 1 aromatic rings. The number of anilines is 1. The second-order valence-corrected chi connectivity index (χ2v) is 5.72. The van der Waals surface area contributed by atoms with Crippen molar-refractivity contribution in [3.05, 3.63) is 24.3 Å². The Bertz CT molecular complexity index is 408. The van der Waals surface area contributed by atoms with Gasteiger partial charge in [0, 0.05) is 12.6 Å². The topological polar surface area (TPSA) is 24.5 Å². The fourth-order valence-corrected chi connectivity index (χ4v) is 2.63. The molecule has 0 aliphatic carbocycles. The first-order chi connectivity index (χ1) is 9.74. The van der Waals surface area contributed by atoms with Crippen LogP contribution in [0.2, 0.25) is 0 Å². The predicted octanol–water partition coefficient (Wildman–Crippen LogP) is 3.76. The molecule has 0 radical (unpaired) electrons. The molecule has 3 nitrogen and oxygen atoms in total. The average Bonchev–Trinajstić information content (AvgIpc) is 2.50. The van der Waals surface area contributed by atoms with Crippen LogP contribution in [0.1, 0.15) is 40.0 Å². The number of rotatable bonds is 7. The van der Waals surface area contributed by atoms with Crippen LogP contribution in [0.25, 0.3) is 0 Å². The quantitative estimate of drug-likeness (QED) is 0.820. The van der Waals surface area contributed by atoms with E-state index in [4.69, 9.17) is 4.74 Å². The lowest BCUT2D eigenvalue weighted by Gasteiger charge is -2.34. The smallest absolute Gasteiger partial charge is 0.142 e. The monoisotopic (exact) mass is 276 g/mol. The summed E-state index contributed by atoms with van der Waals surface area (Å²) in [5, 5.41) is 3.48. The third-order valence-corrected chi connectivity index (χ3v) is 4.15. The van der Waals surface area contributed by atoms with E-state index in [0.717, 1.165) is 24.5 Å². The highest BCUT2D eigenvalue weighted by Crippen LogP contribution is 2.28.